The van der Waals surface area contributed by atoms with Crippen molar-refractivity contribution in [1.82, 2.24) is 19.7 Å². The fourth-order valence-electron chi connectivity index (χ4n) is 3.15. The molecule has 0 aliphatic carbocycles. The molecule has 0 atom stereocenters. The standard InChI is InChI=1S/C19H20N4O2/c1-2-23-18-16(13-20-23)15(19(24)22-8-10-25-11-9-22)12-17(21-18)14-6-4-3-5-7-14/h3-7,12-13H,2,8-11H2,1H3. The van der Waals surface area contributed by atoms with Crippen LogP contribution in [0, 0.1) is 0 Å². The molecule has 0 spiro atoms. The minimum atomic E-state index is 0.0172. The summed E-state index contributed by atoms with van der Waals surface area (Å²) >= 11 is 0. The molecule has 3 aromatic rings. The molecule has 1 fully saturated rings. The number of hydrogen-bond acceptors (Lipinski definition) is 4. The van der Waals surface area contributed by atoms with Gasteiger partial charge in [0.05, 0.1) is 36.1 Å². The van der Waals surface area contributed by atoms with Crippen LogP contribution in [0.2, 0.25) is 0 Å². The first kappa shape index (κ1) is 15.8. The zero-order valence-electron chi connectivity index (χ0n) is 14.2. The largest absolute Gasteiger partial charge is 0.378 e. The monoisotopic (exact) mass is 336 g/mol. The maximum atomic E-state index is 13.1. The van der Waals surface area contributed by atoms with Crippen LogP contribution in [0.5, 0.6) is 0 Å². The van der Waals surface area contributed by atoms with Gasteiger partial charge in [-0.15, -0.1) is 0 Å². The quantitative estimate of drug-likeness (QED) is 0.738. The first-order valence-electron chi connectivity index (χ1n) is 8.57. The third kappa shape index (κ3) is 2.89. The minimum absolute atomic E-state index is 0.0172. The molecule has 2 aromatic heterocycles. The van der Waals surface area contributed by atoms with Gasteiger partial charge in [0, 0.05) is 25.2 Å². The molecular weight excluding hydrogens is 316 g/mol. The number of carbonyl (C=O) groups is 1. The van der Waals surface area contributed by atoms with Gasteiger partial charge < -0.3 is 9.64 Å². The van der Waals surface area contributed by atoms with Crippen LogP contribution in [0.3, 0.4) is 0 Å². The molecule has 128 valence electrons. The highest BCUT2D eigenvalue weighted by molar-refractivity contribution is 6.06. The predicted octanol–water partition coefficient (Wildman–Crippen LogP) is 2.59. The van der Waals surface area contributed by atoms with Gasteiger partial charge in [0.15, 0.2) is 5.65 Å². The number of morpholine rings is 1. The van der Waals surface area contributed by atoms with Crippen LogP contribution in [-0.2, 0) is 11.3 Å². The van der Waals surface area contributed by atoms with Crippen LogP contribution in [0.1, 0.15) is 17.3 Å². The molecule has 6 nitrogen and oxygen atoms in total. The lowest BCUT2D eigenvalue weighted by atomic mass is 10.1. The van der Waals surface area contributed by atoms with E-state index in [1.807, 2.05) is 52.9 Å². The second-order valence-electron chi connectivity index (χ2n) is 6.02. The van der Waals surface area contributed by atoms with Crippen molar-refractivity contribution < 1.29 is 9.53 Å². The Labute approximate surface area is 146 Å². The van der Waals surface area contributed by atoms with Crippen LogP contribution in [0.4, 0.5) is 0 Å². The molecular formula is C19H20N4O2. The van der Waals surface area contributed by atoms with Gasteiger partial charge in [-0.25, -0.2) is 9.67 Å². The fourth-order valence-corrected chi connectivity index (χ4v) is 3.15. The molecule has 25 heavy (non-hydrogen) atoms. The molecule has 4 rings (SSSR count). The Morgan fingerprint density at radius 3 is 2.68 bits per heavy atom. The van der Waals surface area contributed by atoms with Crippen LogP contribution >= 0.6 is 0 Å². The molecule has 1 amide bonds. The second-order valence-corrected chi connectivity index (χ2v) is 6.02. The van der Waals surface area contributed by atoms with Crippen molar-refractivity contribution in [3.63, 3.8) is 0 Å². The van der Waals surface area contributed by atoms with Crippen molar-refractivity contribution in [2.45, 2.75) is 13.5 Å². The van der Waals surface area contributed by atoms with E-state index in [0.717, 1.165) is 22.3 Å². The summed E-state index contributed by atoms with van der Waals surface area (Å²) in [6.45, 7) is 5.13. The van der Waals surface area contributed by atoms with Gasteiger partial charge in [0.25, 0.3) is 5.91 Å². The summed E-state index contributed by atoms with van der Waals surface area (Å²) in [5.41, 5.74) is 3.19. The highest BCUT2D eigenvalue weighted by Gasteiger charge is 2.23. The maximum Gasteiger partial charge on any atom is 0.254 e. The van der Waals surface area contributed by atoms with E-state index >= 15 is 0 Å². The lowest BCUT2D eigenvalue weighted by Gasteiger charge is -2.27. The summed E-state index contributed by atoms with van der Waals surface area (Å²) in [5.74, 6) is 0.0172. The summed E-state index contributed by atoms with van der Waals surface area (Å²) in [6, 6.07) is 11.8. The first-order valence-corrected chi connectivity index (χ1v) is 8.57. The molecule has 1 aliphatic heterocycles. The van der Waals surface area contributed by atoms with E-state index in [0.29, 0.717) is 38.4 Å². The number of fused-ring (bicyclic) bond motifs is 1. The van der Waals surface area contributed by atoms with E-state index in [9.17, 15) is 4.79 Å². The normalized spacial score (nSPS) is 14.8. The number of carbonyl (C=O) groups excluding carboxylic acids is 1. The average molecular weight is 336 g/mol. The van der Waals surface area contributed by atoms with Gasteiger partial charge >= 0.3 is 0 Å². The predicted molar refractivity (Wildman–Crippen MR) is 95.4 cm³/mol. The number of rotatable bonds is 3. The third-order valence-electron chi connectivity index (χ3n) is 4.51. The van der Waals surface area contributed by atoms with Crippen molar-refractivity contribution in [1.29, 1.82) is 0 Å². The maximum absolute atomic E-state index is 13.1. The first-order chi connectivity index (χ1) is 12.3. The number of hydrogen-bond donors (Lipinski definition) is 0. The number of ether oxygens (including phenoxy) is 1. The van der Waals surface area contributed by atoms with E-state index in [1.54, 1.807) is 6.20 Å². The number of aromatic nitrogens is 3. The van der Waals surface area contributed by atoms with Crippen molar-refractivity contribution in [2.75, 3.05) is 26.3 Å². The number of aryl methyl sites for hydroxylation is 1. The lowest BCUT2D eigenvalue weighted by molar-refractivity contribution is 0.0304. The van der Waals surface area contributed by atoms with Crippen LogP contribution in [0.15, 0.2) is 42.6 Å². The number of benzene rings is 1. The van der Waals surface area contributed by atoms with Crippen molar-refractivity contribution in [3.8, 4) is 11.3 Å². The smallest absolute Gasteiger partial charge is 0.254 e. The van der Waals surface area contributed by atoms with E-state index in [1.165, 1.54) is 0 Å². The van der Waals surface area contributed by atoms with E-state index in [2.05, 4.69) is 5.10 Å². The van der Waals surface area contributed by atoms with Gasteiger partial charge in [-0.2, -0.15) is 5.10 Å². The van der Waals surface area contributed by atoms with Gasteiger partial charge in [-0.05, 0) is 13.0 Å². The Hall–Kier alpha value is -2.73. The summed E-state index contributed by atoms with van der Waals surface area (Å²) in [5, 5.41) is 5.20. The van der Waals surface area contributed by atoms with Gasteiger partial charge in [0.2, 0.25) is 0 Å². The molecule has 0 N–H and O–H groups in total. The van der Waals surface area contributed by atoms with Crippen molar-refractivity contribution >= 4 is 16.9 Å². The summed E-state index contributed by atoms with van der Waals surface area (Å²) < 4.78 is 7.20. The summed E-state index contributed by atoms with van der Waals surface area (Å²) in [4.78, 5) is 19.7. The molecule has 0 unspecified atom stereocenters. The van der Waals surface area contributed by atoms with E-state index in [-0.39, 0.29) is 5.91 Å². The fraction of sp³-hybridized carbons (Fsp3) is 0.316. The zero-order chi connectivity index (χ0) is 17.2. The molecule has 3 heterocycles. The van der Waals surface area contributed by atoms with Crippen molar-refractivity contribution in [2.24, 2.45) is 0 Å². The zero-order valence-corrected chi connectivity index (χ0v) is 14.2. The Kier molecular flexibility index (Phi) is 4.19. The highest BCUT2D eigenvalue weighted by Crippen LogP contribution is 2.26. The van der Waals surface area contributed by atoms with Crippen molar-refractivity contribution in [3.05, 3.63) is 48.2 Å². The lowest BCUT2D eigenvalue weighted by Crippen LogP contribution is -2.40. The molecule has 6 heteroatoms. The van der Waals surface area contributed by atoms with E-state index < -0.39 is 0 Å². The highest BCUT2D eigenvalue weighted by atomic mass is 16.5. The second kappa shape index (κ2) is 6.64. The Morgan fingerprint density at radius 2 is 1.96 bits per heavy atom. The Bertz CT molecular complexity index is 898. The molecule has 1 aliphatic rings. The number of pyridine rings is 1. The van der Waals surface area contributed by atoms with Crippen LogP contribution in [-0.4, -0.2) is 51.9 Å². The molecule has 0 radical (unpaired) electrons. The third-order valence-corrected chi connectivity index (χ3v) is 4.51. The summed E-state index contributed by atoms with van der Waals surface area (Å²) in [6.07, 6.45) is 1.74. The topological polar surface area (TPSA) is 60.2 Å². The average Bonchev–Trinajstić information content (AvgIpc) is 3.11. The Balaban J connectivity index is 1.86. The molecule has 0 saturated carbocycles. The van der Waals surface area contributed by atoms with Crippen LogP contribution < -0.4 is 0 Å². The van der Waals surface area contributed by atoms with Gasteiger partial charge in [-0.3, -0.25) is 4.79 Å². The molecule has 0 bridgehead atoms. The van der Waals surface area contributed by atoms with Gasteiger partial charge in [-0.1, -0.05) is 30.3 Å². The SMILES string of the molecule is CCn1ncc2c(C(=O)N3CCOCC3)cc(-c3ccccc3)nc21. The van der Waals surface area contributed by atoms with Gasteiger partial charge in [0.1, 0.15) is 0 Å². The van der Waals surface area contributed by atoms with Crippen LogP contribution in [0.25, 0.3) is 22.3 Å². The molecule has 1 aromatic carbocycles. The molecule has 1 saturated heterocycles. The Morgan fingerprint density at radius 1 is 1.20 bits per heavy atom. The van der Waals surface area contributed by atoms with E-state index in [4.69, 9.17) is 9.72 Å². The summed E-state index contributed by atoms with van der Waals surface area (Å²) in [7, 11) is 0. The minimum Gasteiger partial charge on any atom is -0.378 e. The number of amides is 1. The number of nitrogens with zero attached hydrogens (tertiary/aromatic N) is 4.